The second-order valence-electron chi connectivity index (χ2n) is 7.19. The molecule has 1 unspecified atom stereocenters. The third-order valence-corrected chi connectivity index (χ3v) is 4.20. The minimum absolute atomic E-state index is 0.107. The second-order valence-corrected chi connectivity index (χ2v) is 7.87. The molecule has 0 aromatic carbocycles. The van der Waals surface area contributed by atoms with Gasteiger partial charge in [0.25, 0.3) is 0 Å². The van der Waals surface area contributed by atoms with Gasteiger partial charge in [-0.05, 0) is 76.6 Å². The first-order chi connectivity index (χ1) is 9.56. The predicted octanol–water partition coefficient (Wildman–Crippen LogP) is 3.54. The van der Waals surface area contributed by atoms with Crippen LogP contribution in [0.15, 0.2) is 0 Å². The highest BCUT2D eigenvalue weighted by atomic mass is 35.5. The van der Waals surface area contributed by atoms with Crippen LogP contribution in [0.2, 0.25) is 10.6 Å². The maximum Gasteiger partial charge on any atom is 0.228 e. The SMILES string of the molecule is CC(Nc1nc(Cl)nc(Cl)n1)C1CC(C)(C)NC(C)(C)C1. The molecule has 0 amide bonds. The Morgan fingerprint density at radius 3 is 2.00 bits per heavy atom. The van der Waals surface area contributed by atoms with Gasteiger partial charge >= 0.3 is 0 Å². The van der Waals surface area contributed by atoms with Gasteiger partial charge in [-0.15, -0.1) is 0 Å². The molecule has 0 spiro atoms. The fraction of sp³-hybridized carbons (Fsp3) is 0.786. The van der Waals surface area contributed by atoms with Crippen molar-refractivity contribution in [1.82, 2.24) is 20.3 Å². The summed E-state index contributed by atoms with van der Waals surface area (Å²) in [7, 11) is 0. The number of aromatic nitrogens is 3. The number of nitrogens with zero attached hydrogens (tertiary/aromatic N) is 3. The average Bonchev–Trinajstić information content (AvgIpc) is 2.22. The summed E-state index contributed by atoms with van der Waals surface area (Å²) in [5.41, 5.74) is 0.216. The van der Waals surface area contributed by atoms with Crippen molar-refractivity contribution in [3.05, 3.63) is 10.6 Å². The zero-order chi connectivity index (χ0) is 15.8. The molecule has 2 heterocycles. The van der Waals surface area contributed by atoms with Gasteiger partial charge in [0.1, 0.15) is 0 Å². The van der Waals surface area contributed by atoms with Crippen molar-refractivity contribution < 1.29 is 0 Å². The fourth-order valence-electron chi connectivity index (χ4n) is 3.47. The summed E-state index contributed by atoms with van der Waals surface area (Å²) >= 11 is 11.6. The number of piperidine rings is 1. The van der Waals surface area contributed by atoms with E-state index >= 15 is 0 Å². The number of hydrogen-bond donors (Lipinski definition) is 2. The quantitative estimate of drug-likeness (QED) is 0.886. The molecule has 2 rings (SSSR count). The minimum atomic E-state index is 0.107. The van der Waals surface area contributed by atoms with E-state index < -0.39 is 0 Å². The van der Waals surface area contributed by atoms with Crippen molar-refractivity contribution in [2.24, 2.45) is 5.92 Å². The van der Waals surface area contributed by atoms with Gasteiger partial charge in [0.15, 0.2) is 0 Å². The molecule has 1 saturated heterocycles. The first-order valence-electron chi connectivity index (χ1n) is 7.19. The van der Waals surface area contributed by atoms with Gasteiger partial charge in [-0.25, -0.2) is 0 Å². The second kappa shape index (κ2) is 5.86. The number of halogens is 2. The predicted molar refractivity (Wildman–Crippen MR) is 86.9 cm³/mol. The lowest BCUT2D eigenvalue weighted by molar-refractivity contribution is 0.120. The Labute approximate surface area is 136 Å². The van der Waals surface area contributed by atoms with Crippen molar-refractivity contribution in [2.45, 2.75) is 64.6 Å². The molecule has 1 aromatic heterocycles. The van der Waals surface area contributed by atoms with E-state index in [2.05, 4.69) is 60.2 Å². The zero-order valence-corrected chi connectivity index (χ0v) is 14.7. The van der Waals surface area contributed by atoms with Crippen molar-refractivity contribution in [3.63, 3.8) is 0 Å². The zero-order valence-electron chi connectivity index (χ0n) is 13.2. The molecule has 21 heavy (non-hydrogen) atoms. The van der Waals surface area contributed by atoms with Crippen LogP contribution in [0.4, 0.5) is 5.95 Å². The highest BCUT2D eigenvalue weighted by Crippen LogP contribution is 2.35. The van der Waals surface area contributed by atoms with Gasteiger partial charge in [0.05, 0.1) is 0 Å². The molecule has 1 atom stereocenters. The first-order valence-corrected chi connectivity index (χ1v) is 7.95. The molecule has 0 bridgehead atoms. The van der Waals surface area contributed by atoms with E-state index in [0.717, 1.165) is 12.8 Å². The third-order valence-electron chi connectivity index (χ3n) is 3.87. The van der Waals surface area contributed by atoms with Crippen LogP contribution in [0.3, 0.4) is 0 Å². The van der Waals surface area contributed by atoms with Crippen LogP contribution in [0.25, 0.3) is 0 Å². The first kappa shape index (κ1) is 16.7. The largest absolute Gasteiger partial charge is 0.351 e. The van der Waals surface area contributed by atoms with Gasteiger partial charge in [0, 0.05) is 17.1 Å². The van der Waals surface area contributed by atoms with E-state index in [-0.39, 0.29) is 27.7 Å². The normalized spacial score (nSPS) is 22.8. The lowest BCUT2D eigenvalue weighted by Crippen LogP contribution is -2.59. The number of nitrogens with one attached hydrogen (secondary N) is 2. The summed E-state index contributed by atoms with van der Waals surface area (Å²) in [4.78, 5) is 11.9. The van der Waals surface area contributed by atoms with Gasteiger partial charge in [-0.3, -0.25) is 0 Å². The highest BCUT2D eigenvalue weighted by molar-refractivity contribution is 6.31. The van der Waals surface area contributed by atoms with Crippen molar-refractivity contribution >= 4 is 29.2 Å². The molecule has 0 radical (unpaired) electrons. The molecule has 0 saturated carbocycles. The van der Waals surface area contributed by atoms with Gasteiger partial charge in [0.2, 0.25) is 16.5 Å². The van der Waals surface area contributed by atoms with Crippen LogP contribution in [-0.4, -0.2) is 32.1 Å². The van der Waals surface area contributed by atoms with E-state index in [1.165, 1.54) is 0 Å². The third kappa shape index (κ3) is 4.66. The van der Waals surface area contributed by atoms with Crippen LogP contribution in [0, 0.1) is 5.92 Å². The van der Waals surface area contributed by atoms with E-state index in [0.29, 0.717) is 11.9 Å². The Hall–Kier alpha value is -0.650. The van der Waals surface area contributed by atoms with Crippen molar-refractivity contribution in [3.8, 4) is 0 Å². The number of anilines is 1. The van der Waals surface area contributed by atoms with Gasteiger partial charge < -0.3 is 10.6 Å². The minimum Gasteiger partial charge on any atom is -0.351 e. The monoisotopic (exact) mass is 331 g/mol. The lowest BCUT2D eigenvalue weighted by Gasteiger charge is -2.48. The molecule has 1 aliphatic rings. The van der Waals surface area contributed by atoms with E-state index in [9.17, 15) is 0 Å². The fourth-order valence-corrected chi connectivity index (χ4v) is 3.83. The highest BCUT2D eigenvalue weighted by Gasteiger charge is 2.39. The van der Waals surface area contributed by atoms with Crippen LogP contribution in [0.1, 0.15) is 47.5 Å². The molecule has 1 aliphatic heterocycles. The molecule has 118 valence electrons. The Bertz CT molecular complexity index is 482. The Morgan fingerprint density at radius 1 is 1.05 bits per heavy atom. The standard InChI is InChI=1S/C14H23Cl2N5/c1-8(17-12-19-10(15)18-11(16)20-12)9-6-13(2,3)21-14(4,5)7-9/h8-9,21H,6-7H2,1-5H3,(H,17,18,19,20). The Morgan fingerprint density at radius 2 is 1.52 bits per heavy atom. The molecule has 5 nitrogen and oxygen atoms in total. The maximum absolute atomic E-state index is 5.81. The van der Waals surface area contributed by atoms with E-state index in [1.54, 1.807) is 0 Å². The molecule has 1 fully saturated rings. The van der Waals surface area contributed by atoms with Crippen molar-refractivity contribution in [1.29, 1.82) is 0 Å². The number of rotatable bonds is 3. The van der Waals surface area contributed by atoms with E-state index in [4.69, 9.17) is 23.2 Å². The molecular weight excluding hydrogens is 309 g/mol. The van der Waals surface area contributed by atoms with Crippen LogP contribution in [-0.2, 0) is 0 Å². The van der Waals surface area contributed by atoms with E-state index in [1.807, 2.05) is 0 Å². The lowest BCUT2D eigenvalue weighted by atomic mass is 9.73. The molecule has 2 N–H and O–H groups in total. The summed E-state index contributed by atoms with van der Waals surface area (Å²) in [6, 6.07) is 0.222. The topological polar surface area (TPSA) is 62.7 Å². The Balaban J connectivity index is 2.10. The van der Waals surface area contributed by atoms with Crippen molar-refractivity contribution in [2.75, 3.05) is 5.32 Å². The average molecular weight is 332 g/mol. The molecular formula is C14H23Cl2N5. The summed E-state index contributed by atoms with van der Waals surface area (Å²) in [5.74, 6) is 0.937. The molecule has 1 aromatic rings. The number of hydrogen-bond acceptors (Lipinski definition) is 5. The smallest absolute Gasteiger partial charge is 0.228 e. The van der Waals surface area contributed by atoms with Crippen LogP contribution >= 0.6 is 23.2 Å². The summed E-state index contributed by atoms with van der Waals surface area (Å²) < 4.78 is 0. The maximum atomic E-state index is 5.81. The van der Waals surface area contributed by atoms with Crippen LogP contribution < -0.4 is 10.6 Å². The molecule has 0 aliphatic carbocycles. The summed E-state index contributed by atoms with van der Waals surface area (Å²) in [5, 5.41) is 7.21. The summed E-state index contributed by atoms with van der Waals surface area (Å²) in [6.45, 7) is 11.1. The van der Waals surface area contributed by atoms with Gasteiger partial charge in [-0.2, -0.15) is 15.0 Å². The van der Waals surface area contributed by atoms with Gasteiger partial charge in [-0.1, -0.05) is 0 Å². The Kier molecular flexibility index (Phi) is 4.66. The summed E-state index contributed by atoms with van der Waals surface area (Å²) in [6.07, 6.45) is 2.16. The molecule has 7 heteroatoms. The van der Waals surface area contributed by atoms with Crippen LogP contribution in [0.5, 0.6) is 0 Å².